The van der Waals surface area contributed by atoms with Crippen LogP contribution in [0, 0.1) is 0 Å². The highest BCUT2D eigenvalue weighted by Crippen LogP contribution is 2.26. The Morgan fingerprint density at radius 2 is 1.84 bits per heavy atom. The third-order valence-corrected chi connectivity index (χ3v) is 4.05. The fraction of sp³-hybridized carbons (Fsp3) is 0.0556. The predicted octanol–water partition coefficient (Wildman–Crippen LogP) is 4.80. The van der Waals surface area contributed by atoms with Crippen molar-refractivity contribution in [1.29, 1.82) is 0 Å². The van der Waals surface area contributed by atoms with Crippen molar-refractivity contribution >= 4 is 46.4 Å². The smallest absolute Gasteiger partial charge is 0.274 e. The Balaban J connectivity index is 1.82. The van der Waals surface area contributed by atoms with Crippen LogP contribution in [0.5, 0.6) is 0 Å². The number of benzene rings is 2. The number of nitrogens with one attached hydrogen (secondary N) is 1. The van der Waals surface area contributed by atoms with Gasteiger partial charge in [-0.25, -0.2) is 9.97 Å². The lowest BCUT2D eigenvalue weighted by molar-refractivity contribution is 0.102. The van der Waals surface area contributed by atoms with Gasteiger partial charge in [-0.15, -0.1) is 0 Å². The minimum absolute atomic E-state index is 0.235. The van der Waals surface area contributed by atoms with E-state index in [0.29, 0.717) is 21.7 Å². The molecule has 2 aromatic carbocycles. The van der Waals surface area contributed by atoms with E-state index in [9.17, 15) is 4.79 Å². The van der Waals surface area contributed by atoms with Crippen molar-refractivity contribution in [2.75, 3.05) is 17.3 Å². The van der Waals surface area contributed by atoms with E-state index < -0.39 is 0 Å². The van der Waals surface area contributed by atoms with Crippen molar-refractivity contribution in [2.24, 2.45) is 0 Å². The molecule has 5 nitrogen and oxygen atoms in total. The quantitative estimate of drug-likeness (QED) is 0.714. The number of hydrogen-bond acceptors (Lipinski definition) is 4. The van der Waals surface area contributed by atoms with Gasteiger partial charge in [0.25, 0.3) is 5.91 Å². The lowest BCUT2D eigenvalue weighted by atomic mass is 10.3. The molecule has 7 heteroatoms. The Bertz CT molecular complexity index is 903. The largest absolute Gasteiger partial charge is 0.319 e. The zero-order valence-corrected chi connectivity index (χ0v) is 14.8. The molecule has 0 spiro atoms. The molecule has 0 saturated carbocycles. The van der Waals surface area contributed by atoms with Gasteiger partial charge in [-0.3, -0.25) is 4.79 Å². The number of amides is 1. The summed E-state index contributed by atoms with van der Waals surface area (Å²) in [5.41, 5.74) is 1.62. The molecule has 0 aliphatic carbocycles. The van der Waals surface area contributed by atoms with Gasteiger partial charge in [0, 0.05) is 24.0 Å². The summed E-state index contributed by atoms with van der Waals surface area (Å²) in [5.74, 6) is 0.0374. The summed E-state index contributed by atoms with van der Waals surface area (Å²) >= 11 is 11.9. The van der Waals surface area contributed by atoms with Gasteiger partial charge in [0.2, 0.25) is 5.95 Å². The van der Waals surface area contributed by atoms with Crippen molar-refractivity contribution in [3.63, 3.8) is 0 Å². The van der Waals surface area contributed by atoms with Crippen LogP contribution in [0.25, 0.3) is 0 Å². The second kappa shape index (κ2) is 7.51. The van der Waals surface area contributed by atoms with Gasteiger partial charge in [0.05, 0.1) is 10.7 Å². The third-order valence-electron chi connectivity index (χ3n) is 3.50. The Morgan fingerprint density at radius 1 is 1.08 bits per heavy atom. The fourth-order valence-corrected chi connectivity index (χ4v) is 2.64. The number of carbonyl (C=O) groups is 1. The lowest BCUT2D eigenvalue weighted by Crippen LogP contribution is -2.18. The van der Waals surface area contributed by atoms with Crippen LogP contribution in [0.1, 0.15) is 10.5 Å². The number of aromatic nitrogens is 2. The molecule has 126 valence electrons. The van der Waals surface area contributed by atoms with E-state index in [4.69, 9.17) is 23.2 Å². The molecule has 3 rings (SSSR count). The molecule has 1 aromatic heterocycles. The number of hydrogen-bond donors (Lipinski definition) is 1. The fourth-order valence-electron chi connectivity index (χ4n) is 2.18. The second-order valence-corrected chi connectivity index (χ2v) is 6.06. The third kappa shape index (κ3) is 4.07. The first-order valence-corrected chi connectivity index (χ1v) is 8.18. The molecule has 0 aliphatic heterocycles. The molecule has 0 aliphatic rings. The molecule has 1 heterocycles. The SMILES string of the molecule is CN(c1ccccc1)c1nccc(C(=O)Nc2ccc(Cl)cc2Cl)n1. The molecule has 0 unspecified atom stereocenters. The van der Waals surface area contributed by atoms with Gasteiger partial charge < -0.3 is 10.2 Å². The van der Waals surface area contributed by atoms with Crippen LogP contribution in [0.15, 0.2) is 60.8 Å². The number of para-hydroxylation sites is 1. The van der Waals surface area contributed by atoms with Gasteiger partial charge >= 0.3 is 0 Å². The van der Waals surface area contributed by atoms with E-state index in [1.807, 2.05) is 37.4 Å². The second-order valence-electron chi connectivity index (χ2n) is 5.21. The number of rotatable bonds is 4. The standard InChI is InChI=1S/C18H14Cl2N4O/c1-24(13-5-3-2-4-6-13)18-21-10-9-16(23-18)17(25)22-15-8-7-12(19)11-14(15)20/h2-11H,1H3,(H,22,25). The van der Waals surface area contributed by atoms with Crippen LogP contribution in [-0.4, -0.2) is 22.9 Å². The average molecular weight is 373 g/mol. The Morgan fingerprint density at radius 3 is 2.56 bits per heavy atom. The first kappa shape index (κ1) is 17.2. The van der Waals surface area contributed by atoms with Crippen molar-refractivity contribution < 1.29 is 4.79 Å². The topological polar surface area (TPSA) is 58.1 Å². The molecule has 0 saturated heterocycles. The van der Waals surface area contributed by atoms with Crippen LogP contribution >= 0.6 is 23.2 Å². The summed E-state index contributed by atoms with van der Waals surface area (Å²) < 4.78 is 0. The van der Waals surface area contributed by atoms with E-state index in [0.717, 1.165) is 5.69 Å². The summed E-state index contributed by atoms with van der Waals surface area (Å²) in [4.78, 5) is 22.8. The van der Waals surface area contributed by atoms with E-state index in [1.54, 1.807) is 35.4 Å². The predicted molar refractivity (Wildman–Crippen MR) is 101 cm³/mol. The summed E-state index contributed by atoms with van der Waals surface area (Å²) in [6, 6.07) is 16.0. The Hall–Kier alpha value is -2.63. The Labute approximate surface area is 155 Å². The van der Waals surface area contributed by atoms with Gasteiger partial charge in [0.15, 0.2) is 0 Å². The van der Waals surface area contributed by atoms with Crippen LogP contribution in [-0.2, 0) is 0 Å². The van der Waals surface area contributed by atoms with Gasteiger partial charge in [-0.1, -0.05) is 41.4 Å². The monoisotopic (exact) mass is 372 g/mol. The van der Waals surface area contributed by atoms with E-state index in [1.165, 1.54) is 0 Å². The first-order chi connectivity index (χ1) is 12.0. The van der Waals surface area contributed by atoms with Crippen LogP contribution < -0.4 is 10.2 Å². The minimum atomic E-state index is -0.380. The summed E-state index contributed by atoms with van der Waals surface area (Å²) in [6.07, 6.45) is 1.54. The molecule has 0 bridgehead atoms. The maximum absolute atomic E-state index is 12.5. The maximum Gasteiger partial charge on any atom is 0.274 e. The van der Waals surface area contributed by atoms with Gasteiger partial charge in [-0.05, 0) is 36.4 Å². The molecule has 1 amide bonds. The molecule has 0 fully saturated rings. The minimum Gasteiger partial charge on any atom is -0.319 e. The zero-order chi connectivity index (χ0) is 17.8. The summed E-state index contributed by atoms with van der Waals surface area (Å²) in [6.45, 7) is 0. The molecule has 0 atom stereocenters. The highest BCUT2D eigenvalue weighted by atomic mass is 35.5. The first-order valence-electron chi connectivity index (χ1n) is 7.43. The summed E-state index contributed by atoms with van der Waals surface area (Å²) in [7, 11) is 1.84. The van der Waals surface area contributed by atoms with Crippen molar-refractivity contribution in [1.82, 2.24) is 9.97 Å². The van der Waals surface area contributed by atoms with E-state index in [2.05, 4.69) is 15.3 Å². The summed E-state index contributed by atoms with van der Waals surface area (Å²) in [5, 5.41) is 3.58. The van der Waals surface area contributed by atoms with E-state index in [-0.39, 0.29) is 11.6 Å². The lowest BCUT2D eigenvalue weighted by Gasteiger charge is -2.17. The number of anilines is 3. The zero-order valence-electron chi connectivity index (χ0n) is 13.3. The highest BCUT2D eigenvalue weighted by Gasteiger charge is 2.13. The molecule has 3 aromatic rings. The number of halogens is 2. The molecular formula is C18H14Cl2N4O. The van der Waals surface area contributed by atoms with Crippen molar-refractivity contribution in [3.8, 4) is 0 Å². The van der Waals surface area contributed by atoms with Gasteiger partial charge in [0.1, 0.15) is 5.69 Å². The Kier molecular flexibility index (Phi) is 5.16. The van der Waals surface area contributed by atoms with Crippen molar-refractivity contribution in [3.05, 3.63) is 76.5 Å². The van der Waals surface area contributed by atoms with Crippen LogP contribution in [0.2, 0.25) is 10.0 Å². The molecular weight excluding hydrogens is 359 g/mol. The van der Waals surface area contributed by atoms with Crippen molar-refractivity contribution in [2.45, 2.75) is 0 Å². The van der Waals surface area contributed by atoms with Crippen LogP contribution in [0.3, 0.4) is 0 Å². The van der Waals surface area contributed by atoms with E-state index >= 15 is 0 Å². The maximum atomic E-state index is 12.5. The normalized spacial score (nSPS) is 10.4. The van der Waals surface area contributed by atoms with Gasteiger partial charge in [-0.2, -0.15) is 0 Å². The van der Waals surface area contributed by atoms with Crippen LogP contribution in [0.4, 0.5) is 17.3 Å². The molecule has 1 N–H and O–H groups in total. The average Bonchev–Trinajstić information content (AvgIpc) is 2.64. The number of carbonyl (C=O) groups excluding carboxylic acids is 1. The highest BCUT2D eigenvalue weighted by molar-refractivity contribution is 6.36. The molecule has 25 heavy (non-hydrogen) atoms. The number of nitrogens with zero attached hydrogens (tertiary/aromatic N) is 3. The molecule has 0 radical (unpaired) electrons.